The SMILES string of the molecule is COc1ccccc1-c1noc(CSc2nnc(C(C)N(C)C)n2-c2ccc(Cl)cc2)n1. The van der Waals surface area contributed by atoms with Gasteiger partial charge in [-0.1, -0.05) is 40.7 Å². The van der Waals surface area contributed by atoms with Gasteiger partial charge >= 0.3 is 0 Å². The summed E-state index contributed by atoms with van der Waals surface area (Å²) in [7, 11) is 5.64. The molecule has 166 valence electrons. The fraction of sp³-hybridized carbons (Fsp3) is 0.273. The summed E-state index contributed by atoms with van der Waals surface area (Å²) < 4.78 is 12.9. The lowest BCUT2D eigenvalue weighted by Crippen LogP contribution is -2.20. The lowest BCUT2D eigenvalue weighted by molar-refractivity contribution is 0.305. The number of rotatable bonds is 8. The number of thioether (sulfide) groups is 1. The first kappa shape index (κ1) is 22.3. The highest BCUT2D eigenvalue weighted by Crippen LogP contribution is 2.31. The summed E-state index contributed by atoms with van der Waals surface area (Å²) in [6, 6.07) is 15.2. The van der Waals surface area contributed by atoms with E-state index >= 15 is 0 Å². The number of para-hydroxylation sites is 1. The Morgan fingerprint density at radius 3 is 2.59 bits per heavy atom. The fourth-order valence-corrected chi connectivity index (χ4v) is 4.01. The Labute approximate surface area is 195 Å². The summed E-state index contributed by atoms with van der Waals surface area (Å²) in [6.07, 6.45) is 0. The van der Waals surface area contributed by atoms with E-state index in [1.165, 1.54) is 11.8 Å². The minimum Gasteiger partial charge on any atom is -0.496 e. The molecule has 0 bridgehead atoms. The van der Waals surface area contributed by atoms with E-state index in [1.807, 2.05) is 67.2 Å². The van der Waals surface area contributed by atoms with Crippen molar-refractivity contribution in [1.29, 1.82) is 0 Å². The molecule has 4 aromatic rings. The number of nitrogens with zero attached hydrogens (tertiary/aromatic N) is 6. The van der Waals surface area contributed by atoms with Gasteiger partial charge in [-0.2, -0.15) is 4.98 Å². The molecule has 1 unspecified atom stereocenters. The Morgan fingerprint density at radius 2 is 1.88 bits per heavy atom. The minimum atomic E-state index is 0.0630. The van der Waals surface area contributed by atoms with E-state index in [-0.39, 0.29) is 6.04 Å². The summed E-state index contributed by atoms with van der Waals surface area (Å²) >= 11 is 7.57. The molecular formula is C22H23ClN6O2S. The van der Waals surface area contributed by atoms with Crippen molar-refractivity contribution in [2.24, 2.45) is 0 Å². The minimum absolute atomic E-state index is 0.0630. The summed E-state index contributed by atoms with van der Waals surface area (Å²) in [5, 5.41) is 14.4. The first-order valence-corrected chi connectivity index (χ1v) is 11.3. The second-order valence-electron chi connectivity index (χ2n) is 7.29. The predicted octanol–water partition coefficient (Wildman–Crippen LogP) is 4.89. The zero-order valence-corrected chi connectivity index (χ0v) is 19.8. The van der Waals surface area contributed by atoms with E-state index < -0.39 is 0 Å². The van der Waals surface area contributed by atoms with Crippen LogP contribution < -0.4 is 4.74 Å². The molecule has 2 heterocycles. The Bertz CT molecular complexity index is 1190. The van der Waals surface area contributed by atoms with Crippen molar-refractivity contribution >= 4 is 23.4 Å². The van der Waals surface area contributed by atoms with E-state index in [9.17, 15) is 0 Å². The molecule has 0 aliphatic rings. The Morgan fingerprint density at radius 1 is 1.12 bits per heavy atom. The van der Waals surface area contributed by atoms with E-state index in [2.05, 4.69) is 32.2 Å². The summed E-state index contributed by atoms with van der Waals surface area (Å²) in [6.45, 7) is 2.09. The number of aromatic nitrogens is 5. The summed E-state index contributed by atoms with van der Waals surface area (Å²) in [5.74, 6) is 2.95. The van der Waals surface area contributed by atoms with Gasteiger partial charge in [0, 0.05) is 10.7 Å². The third-order valence-corrected chi connectivity index (χ3v) is 6.20. The van der Waals surface area contributed by atoms with Crippen molar-refractivity contribution in [1.82, 2.24) is 29.8 Å². The zero-order valence-electron chi connectivity index (χ0n) is 18.2. The molecule has 0 N–H and O–H groups in total. The molecule has 2 aromatic carbocycles. The van der Waals surface area contributed by atoms with Gasteiger partial charge in [0.25, 0.3) is 0 Å². The van der Waals surface area contributed by atoms with E-state index in [4.69, 9.17) is 20.9 Å². The average molecular weight is 471 g/mol. The highest BCUT2D eigenvalue weighted by Gasteiger charge is 2.22. The largest absolute Gasteiger partial charge is 0.496 e. The average Bonchev–Trinajstić information content (AvgIpc) is 3.45. The van der Waals surface area contributed by atoms with Gasteiger partial charge in [0.05, 0.1) is 24.5 Å². The Kier molecular flexibility index (Phi) is 6.78. The number of benzene rings is 2. The van der Waals surface area contributed by atoms with Gasteiger partial charge in [0.1, 0.15) is 5.75 Å². The first-order valence-electron chi connectivity index (χ1n) is 9.94. The second kappa shape index (κ2) is 9.72. The molecule has 0 aliphatic carbocycles. The van der Waals surface area contributed by atoms with Gasteiger partial charge in [0.15, 0.2) is 11.0 Å². The molecule has 4 rings (SSSR count). The van der Waals surface area contributed by atoms with Crippen molar-refractivity contribution in [3.8, 4) is 22.8 Å². The zero-order chi connectivity index (χ0) is 22.7. The van der Waals surface area contributed by atoms with Gasteiger partial charge in [0.2, 0.25) is 11.7 Å². The van der Waals surface area contributed by atoms with Crippen LogP contribution >= 0.6 is 23.4 Å². The van der Waals surface area contributed by atoms with Gasteiger partial charge in [-0.25, -0.2) is 0 Å². The van der Waals surface area contributed by atoms with E-state index in [0.717, 1.165) is 22.2 Å². The fourth-order valence-electron chi connectivity index (χ4n) is 3.09. The van der Waals surface area contributed by atoms with Crippen LogP contribution in [0.1, 0.15) is 24.7 Å². The predicted molar refractivity (Wildman–Crippen MR) is 124 cm³/mol. The maximum Gasteiger partial charge on any atom is 0.237 e. The third kappa shape index (κ3) is 4.64. The highest BCUT2D eigenvalue weighted by molar-refractivity contribution is 7.98. The summed E-state index contributed by atoms with van der Waals surface area (Å²) in [5.41, 5.74) is 1.72. The molecule has 0 saturated carbocycles. The van der Waals surface area contributed by atoms with Gasteiger partial charge in [-0.05, 0) is 57.4 Å². The monoisotopic (exact) mass is 470 g/mol. The van der Waals surface area contributed by atoms with Crippen molar-refractivity contribution in [3.05, 3.63) is 65.3 Å². The summed E-state index contributed by atoms with van der Waals surface area (Å²) in [4.78, 5) is 6.61. The van der Waals surface area contributed by atoms with Crippen LogP contribution in [0.5, 0.6) is 5.75 Å². The maximum absolute atomic E-state index is 6.09. The number of ether oxygens (including phenoxy) is 1. The number of hydrogen-bond acceptors (Lipinski definition) is 8. The van der Waals surface area contributed by atoms with Gasteiger partial charge in [-0.3, -0.25) is 9.47 Å². The molecule has 0 aliphatic heterocycles. The van der Waals surface area contributed by atoms with E-state index in [1.54, 1.807) is 7.11 Å². The van der Waals surface area contributed by atoms with Gasteiger partial charge in [-0.15, -0.1) is 10.2 Å². The first-order chi connectivity index (χ1) is 15.5. The van der Waals surface area contributed by atoms with Crippen LogP contribution in [0, 0.1) is 0 Å². The van der Waals surface area contributed by atoms with Gasteiger partial charge < -0.3 is 9.26 Å². The third-order valence-electron chi connectivity index (χ3n) is 5.03. The molecule has 0 fully saturated rings. The van der Waals surface area contributed by atoms with Crippen molar-refractivity contribution < 1.29 is 9.26 Å². The smallest absolute Gasteiger partial charge is 0.237 e. The molecule has 10 heteroatoms. The lowest BCUT2D eigenvalue weighted by atomic mass is 10.2. The molecule has 0 amide bonds. The lowest BCUT2D eigenvalue weighted by Gasteiger charge is -2.20. The van der Waals surface area contributed by atoms with Crippen LogP contribution in [0.2, 0.25) is 5.02 Å². The van der Waals surface area contributed by atoms with Crippen LogP contribution in [0.25, 0.3) is 17.1 Å². The Balaban J connectivity index is 1.60. The molecule has 0 spiro atoms. The van der Waals surface area contributed by atoms with Crippen LogP contribution in [0.4, 0.5) is 0 Å². The number of methoxy groups -OCH3 is 1. The van der Waals surface area contributed by atoms with Crippen LogP contribution in [0.15, 0.2) is 58.2 Å². The van der Waals surface area contributed by atoms with Crippen molar-refractivity contribution in [2.45, 2.75) is 23.9 Å². The molecule has 0 radical (unpaired) electrons. The second-order valence-corrected chi connectivity index (χ2v) is 8.67. The topological polar surface area (TPSA) is 82.1 Å². The molecule has 1 atom stereocenters. The Hall–Kier alpha value is -2.88. The number of halogens is 1. The van der Waals surface area contributed by atoms with E-state index in [0.29, 0.717) is 28.2 Å². The highest BCUT2D eigenvalue weighted by atomic mass is 35.5. The van der Waals surface area contributed by atoms with Crippen LogP contribution in [0.3, 0.4) is 0 Å². The van der Waals surface area contributed by atoms with Crippen LogP contribution in [-0.2, 0) is 5.75 Å². The number of hydrogen-bond donors (Lipinski definition) is 0. The quantitative estimate of drug-likeness (QED) is 0.336. The van der Waals surface area contributed by atoms with Crippen molar-refractivity contribution in [2.75, 3.05) is 21.2 Å². The molecule has 0 saturated heterocycles. The molecule has 2 aromatic heterocycles. The molecular weight excluding hydrogens is 448 g/mol. The standard InChI is InChI=1S/C22H23ClN6O2S/c1-14(28(2)3)21-25-26-22(29(21)16-11-9-15(23)10-12-16)32-13-19-24-20(27-31-19)17-7-5-6-8-18(17)30-4/h5-12,14H,13H2,1-4H3. The molecule has 8 nitrogen and oxygen atoms in total. The maximum atomic E-state index is 6.09. The normalized spacial score (nSPS) is 12.3. The van der Waals surface area contributed by atoms with Crippen LogP contribution in [-0.4, -0.2) is 51.0 Å². The van der Waals surface area contributed by atoms with Crippen molar-refractivity contribution in [3.63, 3.8) is 0 Å². The molecule has 32 heavy (non-hydrogen) atoms.